The predicted octanol–water partition coefficient (Wildman–Crippen LogP) is 4.50. The molecule has 8 heteroatoms. The molecule has 29 heavy (non-hydrogen) atoms. The van der Waals surface area contributed by atoms with E-state index in [-0.39, 0.29) is 0 Å². The zero-order chi connectivity index (χ0) is 20.2. The average Bonchev–Trinajstić information content (AvgIpc) is 3.45. The zero-order valence-corrected chi connectivity index (χ0v) is 18.2. The van der Waals surface area contributed by atoms with Crippen LogP contribution < -0.4 is 0 Å². The number of benzene rings is 1. The molecule has 4 aromatic rings. The van der Waals surface area contributed by atoms with Crippen molar-refractivity contribution in [2.75, 3.05) is 7.05 Å². The molecule has 0 atom stereocenters. The van der Waals surface area contributed by atoms with Crippen LogP contribution in [0.3, 0.4) is 0 Å². The van der Waals surface area contributed by atoms with Crippen LogP contribution in [0.4, 0.5) is 0 Å². The molecule has 150 valence electrons. The quantitative estimate of drug-likeness (QED) is 0.391. The van der Waals surface area contributed by atoms with E-state index < -0.39 is 0 Å². The predicted molar refractivity (Wildman–Crippen MR) is 119 cm³/mol. The second-order valence-electron chi connectivity index (χ2n) is 7.01. The summed E-state index contributed by atoms with van der Waals surface area (Å²) in [6.45, 7) is 5.10. The molecule has 0 aliphatic carbocycles. The Labute approximate surface area is 179 Å². The zero-order valence-electron chi connectivity index (χ0n) is 16.6. The van der Waals surface area contributed by atoms with Crippen molar-refractivity contribution < 1.29 is 0 Å². The highest BCUT2D eigenvalue weighted by Gasteiger charge is 2.14. The maximum absolute atomic E-state index is 5.67. The van der Waals surface area contributed by atoms with Gasteiger partial charge in [0.15, 0.2) is 10.6 Å². The topological polar surface area (TPSA) is 43.8 Å². The van der Waals surface area contributed by atoms with Gasteiger partial charge in [-0.15, -0.1) is 16.4 Å². The molecule has 3 aromatic heterocycles. The smallest absolute Gasteiger partial charge is 0.199 e. The molecule has 0 fully saturated rings. The molecule has 0 saturated carbocycles. The standard InChI is InChI=1S/C21H24N6S2/c1-3-26-20(19-10-7-11-29-19)23-27(21(26)28)16-24(2)13-18-12-22-25(15-18)14-17-8-5-4-6-9-17/h4-12,15H,3,13-14,16H2,1-2H3. The molecule has 0 unspecified atom stereocenters. The fourth-order valence-electron chi connectivity index (χ4n) is 3.34. The molecule has 1 aromatic carbocycles. The summed E-state index contributed by atoms with van der Waals surface area (Å²) in [7, 11) is 2.08. The van der Waals surface area contributed by atoms with Crippen LogP contribution in [0.5, 0.6) is 0 Å². The van der Waals surface area contributed by atoms with E-state index in [1.54, 1.807) is 11.3 Å². The lowest BCUT2D eigenvalue weighted by atomic mass is 10.2. The van der Waals surface area contributed by atoms with E-state index in [1.807, 2.05) is 27.7 Å². The van der Waals surface area contributed by atoms with Gasteiger partial charge in [-0.05, 0) is 43.2 Å². The maximum Gasteiger partial charge on any atom is 0.199 e. The van der Waals surface area contributed by atoms with Gasteiger partial charge in [-0.25, -0.2) is 4.68 Å². The van der Waals surface area contributed by atoms with Gasteiger partial charge in [0.05, 0.1) is 24.3 Å². The minimum absolute atomic E-state index is 0.633. The summed E-state index contributed by atoms with van der Waals surface area (Å²) in [5, 5.41) is 11.4. The Morgan fingerprint density at radius 1 is 1.10 bits per heavy atom. The van der Waals surface area contributed by atoms with E-state index in [4.69, 9.17) is 17.3 Å². The van der Waals surface area contributed by atoms with Crippen LogP contribution >= 0.6 is 23.6 Å². The van der Waals surface area contributed by atoms with Crippen LogP contribution in [-0.2, 0) is 26.3 Å². The molecule has 0 spiro atoms. The molecule has 0 radical (unpaired) electrons. The number of thiophene rings is 1. The lowest BCUT2D eigenvalue weighted by molar-refractivity contribution is 0.244. The van der Waals surface area contributed by atoms with Crippen molar-refractivity contribution in [1.82, 2.24) is 29.0 Å². The average molecular weight is 425 g/mol. The Balaban J connectivity index is 1.44. The second-order valence-corrected chi connectivity index (χ2v) is 8.33. The lowest BCUT2D eigenvalue weighted by Gasteiger charge is -2.15. The summed E-state index contributed by atoms with van der Waals surface area (Å²) in [6, 6.07) is 14.5. The highest BCUT2D eigenvalue weighted by Crippen LogP contribution is 2.23. The van der Waals surface area contributed by atoms with Crippen molar-refractivity contribution in [3.63, 3.8) is 0 Å². The molecule has 0 saturated heterocycles. The third-order valence-corrected chi connectivity index (χ3v) is 5.98. The van der Waals surface area contributed by atoms with Gasteiger partial charge >= 0.3 is 0 Å². The molecular weight excluding hydrogens is 400 g/mol. The van der Waals surface area contributed by atoms with E-state index in [2.05, 4.69) is 70.4 Å². The van der Waals surface area contributed by atoms with Crippen molar-refractivity contribution in [2.45, 2.75) is 33.2 Å². The first kappa shape index (κ1) is 19.8. The van der Waals surface area contributed by atoms with Crippen molar-refractivity contribution in [2.24, 2.45) is 0 Å². The molecule has 0 bridgehead atoms. The Hall–Kier alpha value is -2.55. The van der Waals surface area contributed by atoms with Crippen molar-refractivity contribution in [1.29, 1.82) is 0 Å². The summed E-state index contributed by atoms with van der Waals surface area (Å²) in [5.41, 5.74) is 2.41. The molecule has 3 heterocycles. The monoisotopic (exact) mass is 424 g/mol. The van der Waals surface area contributed by atoms with Gasteiger partial charge in [0, 0.05) is 24.8 Å². The molecule has 0 N–H and O–H groups in total. The number of hydrogen-bond acceptors (Lipinski definition) is 5. The molecule has 6 nitrogen and oxygen atoms in total. The Kier molecular flexibility index (Phi) is 6.03. The van der Waals surface area contributed by atoms with Crippen molar-refractivity contribution in [3.05, 3.63) is 76.1 Å². The van der Waals surface area contributed by atoms with Crippen molar-refractivity contribution >= 4 is 23.6 Å². The summed E-state index contributed by atoms with van der Waals surface area (Å²) >= 11 is 7.36. The maximum atomic E-state index is 5.67. The van der Waals surface area contributed by atoms with Crippen molar-refractivity contribution in [3.8, 4) is 10.7 Å². The van der Waals surface area contributed by atoms with Crippen LogP contribution in [0.15, 0.2) is 60.2 Å². The molecule has 0 aliphatic heterocycles. The Morgan fingerprint density at radius 2 is 1.93 bits per heavy atom. The molecule has 0 aliphatic rings. The van der Waals surface area contributed by atoms with Gasteiger partial charge in [-0.3, -0.25) is 14.1 Å². The fourth-order valence-corrected chi connectivity index (χ4v) is 4.37. The third kappa shape index (κ3) is 4.55. The molecular formula is C21H24N6S2. The van der Waals surface area contributed by atoms with Crippen LogP contribution in [0, 0.1) is 4.77 Å². The minimum atomic E-state index is 0.633. The molecule has 4 rings (SSSR count). The third-order valence-electron chi connectivity index (χ3n) is 4.68. The van der Waals surface area contributed by atoms with Crippen LogP contribution in [0.1, 0.15) is 18.1 Å². The van der Waals surface area contributed by atoms with Gasteiger partial charge in [-0.1, -0.05) is 36.4 Å². The minimum Gasteiger partial charge on any atom is -0.300 e. The van der Waals surface area contributed by atoms with Gasteiger partial charge < -0.3 is 0 Å². The van der Waals surface area contributed by atoms with Gasteiger partial charge in [0.1, 0.15) is 0 Å². The summed E-state index contributed by atoms with van der Waals surface area (Å²) in [4.78, 5) is 3.34. The number of hydrogen-bond donors (Lipinski definition) is 0. The van der Waals surface area contributed by atoms with Gasteiger partial charge in [-0.2, -0.15) is 5.10 Å². The van der Waals surface area contributed by atoms with Gasteiger partial charge in [0.2, 0.25) is 0 Å². The van der Waals surface area contributed by atoms with E-state index in [9.17, 15) is 0 Å². The highest BCUT2D eigenvalue weighted by atomic mass is 32.1. The largest absolute Gasteiger partial charge is 0.300 e. The summed E-state index contributed by atoms with van der Waals surface area (Å²) in [5.74, 6) is 0.941. The number of aromatic nitrogens is 5. The fraction of sp³-hybridized carbons (Fsp3) is 0.286. The SMILES string of the molecule is CCn1c(-c2cccs2)nn(CN(C)Cc2cnn(Cc3ccccc3)c2)c1=S. The summed E-state index contributed by atoms with van der Waals surface area (Å²) in [6.07, 6.45) is 4.03. The highest BCUT2D eigenvalue weighted by molar-refractivity contribution is 7.71. The van der Waals surface area contributed by atoms with E-state index in [0.717, 1.165) is 35.1 Å². The van der Waals surface area contributed by atoms with Crippen LogP contribution in [-0.4, -0.2) is 36.1 Å². The van der Waals surface area contributed by atoms with E-state index in [1.165, 1.54) is 11.1 Å². The second kappa shape index (κ2) is 8.86. The van der Waals surface area contributed by atoms with E-state index >= 15 is 0 Å². The number of rotatable bonds is 8. The lowest BCUT2D eigenvalue weighted by Crippen LogP contribution is -2.22. The van der Waals surface area contributed by atoms with Crippen LogP contribution in [0.25, 0.3) is 10.7 Å². The summed E-state index contributed by atoms with van der Waals surface area (Å²) < 4.78 is 6.72. The number of nitrogens with zero attached hydrogens (tertiary/aromatic N) is 6. The Bertz CT molecular complexity index is 1110. The van der Waals surface area contributed by atoms with E-state index in [0.29, 0.717) is 6.67 Å². The first-order chi connectivity index (χ1) is 14.1. The first-order valence-corrected chi connectivity index (χ1v) is 10.9. The van der Waals surface area contributed by atoms with Gasteiger partial charge in [0.25, 0.3) is 0 Å². The first-order valence-electron chi connectivity index (χ1n) is 9.59. The van der Waals surface area contributed by atoms with Crippen LogP contribution in [0.2, 0.25) is 0 Å². The molecule has 0 amide bonds. The Morgan fingerprint density at radius 3 is 2.66 bits per heavy atom. The normalized spacial score (nSPS) is 11.4.